The van der Waals surface area contributed by atoms with Crippen LogP contribution in [0.2, 0.25) is 0 Å². The van der Waals surface area contributed by atoms with E-state index in [0.717, 1.165) is 19.3 Å². The van der Waals surface area contributed by atoms with Crippen molar-refractivity contribution in [2.75, 3.05) is 13.1 Å². The van der Waals surface area contributed by atoms with Crippen molar-refractivity contribution in [2.24, 2.45) is 0 Å². The van der Waals surface area contributed by atoms with Gasteiger partial charge in [0.2, 0.25) is 18.1 Å². The molecule has 2 N–H and O–H groups in total. The van der Waals surface area contributed by atoms with E-state index in [4.69, 9.17) is 0 Å². The quantitative estimate of drug-likeness (QED) is 0.455. The summed E-state index contributed by atoms with van der Waals surface area (Å²) in [7, 11) is 0. The maximum atomic E-state index is 11.8. The third-order valence-corrected chi connectivity index (χ3v) is 3.32. The van der Waals surface area contributed by atoms with Gasteiger partial charge in [0, 0.05) is 12.6 Å². The Hall–Kier alpha value is -1.92. The fourth-order valence-electron chi connectivity index (χ4n) is 2.06. The Balaban J connectivity index is 1.74. The Morgan fingerprint density at radius 1 is 1.21 bits per heavy atom. The number of carbonyl (C=O) groups is 4. The molecule has 1 unspecified atom stereocenters. The highest BCUT2D eigenvalue weighted by Crippen LogP contribution is 2.18. The molecule has 104 valence electrons. The minimum Gasteiger partial charge on any atom is -0.347 e. The molecular weight excluding hydrogens is 250 g/mol. The van der Waals surface area contributed by atoms with Gasteiger partial charge < -0.3 is 15.5 Å². The lowest BCUT2D eigenvalue weighted by Gasteiger charge is -2.18. The van der Waals surface area contributed by atoms with Crippen molar-refractivity contribution in [1.82, 2.24) is 15.5 Å². The molecule has 1 saturated heterocycles. The predicted molar refractivity (Wildman–Crippen MR) is 65.0 cm³/mol. The summed E-state index contributed by atoms with van der Waals surface area (Å²) in [6.45, 7) is 0.234. The maximum absolute atomic E-state index is 11.8. The minimum atomic E-state index is -0.657. The summed E-state index contributed by atoms with van der Waals surface area (Å²) < 4.78 is 0. The maximum Gasteiger partial charge on any atom is 0.289 e. The average molecular weight is 267 g/mol. The van der Waals surface area contributed by atoms with Crippen LogP contribution in [-0.2, 0) is 19.2 Å². The van der Waals surface area contributed by atoms with Crippen molar-refractivity contribution < 1.29 is 19.2 Å². The zero-order valence-electron chi connectivity index (χ0n) is 10.6. The van der Waals surface area contributed by atoms with Gasteiger partial charge in [0.05, 0.1) is 6.54 Å². The van der Waals surface area contributed by atoms with Gasteiger partial charge in [-0.2, -0.15) is 0 Å². The minimum absolute atomic E-state index is 0.118. The molecule has 7 nitrogen and oxygen atoms in total. The first-order valence-electron chi connectivity index (χ1n) is 6.44. The van der Waals surface area contributed by atoms with E-state index in [-0.39, 0.29) is 18.5 Å². The second-order valence-electron chi connectivity index (χ2n) is 4.89. The van der Waals surface area contributed by atoms with E-state index < -0.39 is 17.7 Å². The van der Waals surface area contributed by atoms with Gasteiger partial charge in [-0.1, -0.05) is 0 Å². The number of nitrogens with one attached hydrogen (secondary N) is 2. The van der Waals surface area contributed by atoms with Crippen LogP contribution in [0.1, 0.15) is 25.7 Å². The second kappa shape index (κ2) is 5.81. The second-order valence-corrected chi connectivity index (χ2v) is 4.89. The highest BCUT2D eigenvalue weighted by molar-refractivity contribution is 6.37. The van der Waals surface area contributed by atoms with Crippen LogP contribution >= 0.6 is 0 Å². The molecule has 1 saturated carbocycles. The zero-order chi connectivity index (χ0) is 13.8. The molecule has 2 fully saturated rings. The molecule has 0 aromatic rings. The van der Waals surface area contributed by atoms with Crippen LogP contribution in [0.15, 0.2) is 0 Å². The molecule has 1 aliphatic heterocycles. The van der Waals surface area contributed by atoms with Crippen LogP contribution in [0.3, 0.4) is 0 Å². The third kappa shape index (κ3) is 3.52. The van der Waals surface area contributed by atoms with Crippen LogP contribution in [0.5, 0.6) is 0 Å². The van der Waals surface area contributed by atoms with E-state index in [1.54, 1.807) is 0 Å². The zero-order valence-corrected chi connectivity index (χ0v) is 10.6. The number of ketones is 1. The van der Waals surface area contributed by atoms with E-state index in [1.165, 1.54) is 4.90 Å². The largest absolute Gasteiger partial charge is 0.347 e. The standard InChI is InChI=1S/C12H17N3O4/c16-7-15-5-1-2-9(15)11(18)13-6-10(17)12(19)14-8-3-4-8/h7-9H,1-6H2,(H,13,18)(H,14,19). The molecule has 0 bridgehead atoms. The molecule has 1 aliphatic carbocycles. The van der Waals surface area contributed by atoms with Crippen LogP contribution in [0.4, 0.5) is 0 Å². The molecule has 1 heterocycles. The molecular formula is C12H17N3O4. The topological polar surface area (TPSA) is 95.6 Å². The summed E-state index contributed by atoms with van der Waals surface area (Å²) in [5, 5.41) is 4.97. The summed E-state index contributed by atoms with van der Waals surface area (Å²) in [6.07, 6.45) is 3.81. The lowest BCUT2D eigenvalue weighted by molar-refractivity contribution is -0.138. The van der Waals surface area contributed by atoms with Crippen LogP contribution in [-0.4, -0.2) is 54.1 Å². The molecule has 2 rings (SSSR count). The Morgan fingerprint density at radius 3 is 2.58 bits per heavy atom. The van der Waals surface area contributed by atoms with Crippen molar-refractivity contribution in [3.8, 4) is 0 Å². The lowest BCUT2D eigenvalue weighted by atomic mass is 10.2. The van der Waals surface area contributed by atoms with E-state index in [0.29, 0.717) is 19.4 Å². The van der Waals surface area contributed by atoms with E-state index >= 15 is 0 Å². The summed E-state index contributed by atoms with van der Waals surface area (Å²) in [6, 6.07) is -0.399. The lowest BCUT2D eigenvalue weighted by Crippen LogP contribution is -2.46. The van der Waals surface area contributed by atoms with Crippen molar-refractivity contribution in [2.45, 2.75) is 37.8 Å². The molecule has 1 atom stereocenters. The van der Waals surface area contributed by atoms with Gasteiger partial charge in [-0.25, -0.2) is 0 Å². The molecule has 0 aromatic heterocycles. The van der Waals surface area contributed by atoms with Gasteiger partial charge in [-0.3, -0.25) is 19.2 Å². The number of likely N-dealkylation sites (tertiary alicyclic amines) is 1. The summed E-state index contributed by atoms with van der Waals surface area (Å²) >= 11 is 0. The van der Waals surface area contributed by atoms with Gasteiger partial charge in [0.1, 0.15) is 6.04 Å². The molecule has 3 amide bonds. The SMILES string of the molecule is O=CN1CCCC1C(=O)NCC(=O)C(=O)NC1CC1. The van der Waals surface area contributed by atoms with Crippen molar-refractivity contribution in [3.63, 3.8) is 0 Å². The fourth-order valence-corrected chi connectivity index (χ4v) is 2.06. The van der Waals surface area contributed by atoms with Gasteiger partial charge >= 0.3 is 0 Å². The predicted octanol–water partition coefficient (Wildman–Crippen LogP) is -1.43. The first kappa shape index (κ1) is 13.5. The summed E-state index contributed by atoms with van der Waals surface area (Å²) in [5.41, 5.74) is 0. The molecule has 2 aliphatic rings. The van der Waals surface area contributed by atoms with Crippen LogP contribution in [0.25, 0.3) is 0 Å². The smallest absolute Gasteiger partial charge is 0.289 e. The van der Waals surface area contributed by atoms with Crippen molar-refractivity contribution >= 4 is 24.0 Å². The number of hydrogen-bond donors (Lipinski definition) is 2. The third-order valence-electron chi connectivity index (χ3n) is 3.32. The highest BCUT2D eigenvalue weighted by atomic mass is 16.2. The average Bonchev–Trinajstić information content (AvgIpc) is 3.08. The fraction of sp³-hybridized carbons (Fsp3) is 0.667. The number of Topliss-reactive ketones (excluding diaryl/α,β-unsaturated/α-hetero) is 1. The normalized spacial score (nSPS) is 21.9. The summed E-state index contributed by atoms with van der Waals surface area (Å²) in [5.74, 6) is -1.69. The molecule has 0 radical (unpaired) electrons. The first-order chi connectivity index (χ1) is 9.11. The molecule has 19 heavy (non-hydrogen) atoms. The molecule has 0 spiro atoms. The summed E-state index contributed by atoms with van der Waals surface area (Å²) in [4.78, 5) is 46.7. The number of hydrogen-bond acceptors (Lipinski definition) is 4. The first-order valence-corrected chi connectivity index (χ1v) is 6.44. The van der Waals surface area contributed by atoms with E-state index in [9.17, 15) is 19.2 Å². The monoisotopic (exact) mass is 267 g/mol. The van der Waals surface area contributed by atoms with E-state index in [1.807, 2.05) is 0 Å². The van der Waals surface area contributed by atoms with E-state index in [2.05, 4.69) is 10.6 Å². The molecule has 7 heteroatoms. The number of amides is 3. The Morgan fingerprint density at radius 2 is 1.95 bits per heavy atom. The van der Waals surface area contributed by atoms with Crippen molar-refractivity contribution in [3.05, 3.63) is 0 Å². The Kier molecular flexibility index (Phi) is 4.13. The number of nitrogens with zero attached hydrogens (tertiary/aromatic N) is 1. The van der Waals surface area contributed by atoms with Gasteiger partial charge in [-0.05, 0) is 25.7 Å². The number of rotatable bonds is 6. The highest BCUT2D eigenvalue weighted by Gasteiger charge is 2.30. The van der Waals surface area contributed by atoms with Crippen molar-refractivity contribution in [1.29, 1.82) is 0 Å². The van der Waals surface area contributed by atoms with Gasteiger partial charge in [-0.15, -0.1) is 0 Å². The Bertz CT molecular complexity index is 406. The van der Waals surface area contributed by atoms with Crippen LogP contribution in [0, 0.1) is 0 Å². The van der Waals surface area contributed by atoms with Gasteiger partial charge in [0.25, 0.3) is 5.91 Å². The number of carbonyl (C=O) groups excluding carboxylic acids is 4. The van der Waals surface area contributed by atoms with Crippen LogP contribution < -0.4 is 10.6 Å². The van der Waals surface area contributed by atoms with Gasteiger partial charge in [0.15, 0.2) is 0 Å². The molecule has 0 aromatic carbocycles. The Labute approximate surface area is 110 Å².